The molecule has 3 rings (SSSR count). The molecule has 1 heterocycles. The summed E-state index contributed by atoms with van der Waals surface area (Å²) in [4.78, 5) is 8.56. The minimum Gasteiger partial charge on any atom is -0.497 e. The highest BCUT2D eigenvalue weighted by atomic mass is 16.5. The summed E-state index contributed by atoms with van der Waals surface area (Å²) in [6.07, 6.45) is 1.54. The first kappa shape index (κ1) is 15.8. The zero-order valence-corrected chi connectivity index (χ0v) is 14.0. The van der Waals surface area contributed by atoms with Gasteiger partial charge in [-0.1, -0.05) is 12.1 Å². The van der Waals surface area contributed by atoms with Crippen LogP contribution in [0.1, 0.15) is 11.1 Å². The lowest BCUT2D eigenvalue weighted by Crippen LogP contribution is -2.00. The van der Waals surface area contributed by atoms with Crippen LogP contribution in [0.15, 0.2) is 54.9 Å². The van der Waals surface area contributed by atoms with Gasteiger partial charge >= 0.3 is 0 Å². The van der Waals surface area contributed by atoms with Crippen LogP contribution in [-0.2, 0) is 0 Å². The fourth-order valence-electron chi connectivity index (χ4n) is 2.34. The molecule has 0 aliphatic rings. The Balaban J connectivity index is 1.77. The molecule has 0 amide bonds. The molecule has 2 N–H and O–H groups in total. The van der Waals surface area contributed by atoms with Crippen molar-refractivity contribution >= 4 is 23.0 Å². The van der Waals surface area contributed by atoms with Crippen LogP contribution in [0.3, 0.4) is 0 Å². The molecule has 0 bridgehead atoms. The van der Waals surface area contributed by atoms with Crippen LogP contribution in [0.25, 0.3) is 0 Å². The van der Waals surface area contributed by atoms with Gasteiger partial charge in [0.05, 0.1) is 7.11 Å². The van der Waals surface area contributed by atoms with Crippen LogP contribution in [-0.4, -0.2) is 17.1 Å². The van der Waals surface area contributed by atoms with Crippen LogP contribution in [0, 0.1) is 13.8 Å². The molecule has 1 aromatic heterocycles. The van der Waals surface area contributed by atoms with Crippen molar-refractivity contribution in [3.8, 4) is 5.75 Å². The van der Waals surface area contributed by atoms with Crippen molar-refractivity contribution < 1.29 is 4.74 Å². The first-order valence-corrected chi connectivity index (χ1v) is 7.72. The molecule has 3 aromatic rings. The van der Waals surface area contributed by atoms with Gasteiger partial charge in [0.2, 0.25) is 0 Å². The summed E-state index contributed by atoms with van der Waals surface area (Å²) in [6.45, 7) is 4.19. The summed E-state index contributed by atoms with van der Waals surface area (Å²) in [5.41, 5.74) is 4.43. The molecule has 0 aliphatic heterocycles. The number of nitrogens with one attached hydrogen (secondary N) is 2. The number of anilines is 4. The summed E-state index contributed by atoms with van der Waals surface area (Å²) in [5.74, 6) is 2.29. The normalized spacial score (nSPS) is 10.3. The van der Waals surface area contributed by atoms with Gasteiger partial charge in [0.1, 0.15) is 23.7 Å². The largest absolute Gasteiger partial charge is 0.497 e. The average molecular weight is 320 g/mol. The lowest BCUT2D eigenvalue weighted by atomic mass is 10.1. The molecule has 122 valence electrons. The van der Waals surface area contributed by atoms with Crippen molar-refractivity contribution in [2.24, 2.45) is 0 Å². The van der Waals surface area contributed by atoms with Crippen molar-refractivity contribution in [1.29, 1.82) is 0 Å². The van der Waals surface area contributed by atoms with Gasteiger partial charge in [0.15, 0.2) is 0 Å². The second-order valence-electron chi connectivity index (χ2n) is 5.51. The number of aromatic nitrogens is 2. The molecule has 0 saturated heterocycles. The van der Waals surface area contributed by atoms with Crippen molar-refractivity contribution in [2.75, 3.05) is 17.7 Å². The topological polar surface area (TPSA) is 59.1 Å². The van der Waals surface area contributed by atoms with Crippen LogP contribution in [0.5, 0.6) is 5.75 Å². The molecule has 0 unspecified atom stereocenters. The van der Waals surface area contributed by atoms with Gasteiger partial charge in [-0.25, -0.2) is 9.97 Å². The lowest BCUT2D eigenvalue weighted by Gasteiger charge is -2.12. The number of methoxy groups -OCH3 is 1. The Labute approximate surface area is 141 Å². The number of hydrogen-bond donors (Lipinski definition) is 2. The van der Waals surface area contributed by atoms with E-state index in [0.717, 1.165) is 28.8 Å². The molecule has 2 aromatic carbocycles. The van der Waals surface area contributed by atoms with E-state index < -0.39 is 0 Å². The molecular weight excluding hydrogens is 300 g/mol. The highest BCUT2D eigenvalue weighted by molar-refractivity contribution is 5.65. The summed E-state index contributed by atoms with van der Waals surface area (Å²) >= 11 is 0. The molecule has 0 saturated carbocycles. The Hall–Kier alpha value is -3.08. The minimum atomic E-state index is 0.725. The van der Waals surface area contributed by atoms with Crippen LogP contribution >= 0.6 is 0 Å². The third-order valence-electron chi connectivity index (χ3n) is 3.90. The quantitative estimate of drug-likeness (QED) is 0.720. The molecular formula is C19H20N4O. The summed E-state index contributed by atoms with van der Waals surface area (Å²) in [6, 6.07) is 15.7. The van der Waals surface area contributed by atoms with E-state index in [1.54, 1.807) is 13.4 Å². The van der Waals surface area contributed by atoms with E-state index in [1.165, 1.54) is 11.1 Å². The van der Waals surface area contributed by atoms with Gasteiger partial charge in [-0.3, -0.25) is 0 Å². The molecule has 5 nitrogen and oxygen atoms in total. The SMILES string of the molecule is COc1ccc(Nc2cc(Nc3cccc(C)c3C)ncn2)cc1. The zero-order valence-electron chi connectivity index (χ0n) is 14.0. The smallest absolute Gasteiger partial charge is 0.135 e. The Morgan fingerprint density at radius 1 is 0.875 bits per heavy atom. The first-order valence-electron chi connectivity index (χ1n) is 7.72. The number of rotatable bonds is 5. The third kappa shape index (κ3) is 3.63. The standard InChI is InChI=1S/C19H20N4O/c1-13-5-4-6-17(14(13)2)23-19-11-18(20-12-21-19)22-15-7-9-16(24-3)10-8-15/h4-12H,1-3H3,(H2,20,21,22,23). The van der Waals surface area contributed by atoms with Gasteiger partial charge in [-0.05, 0) is 55.3 Å². The second kappa shape index (κ2) is 7.00. The van der Waals surface area contributed by atoms with Crippen molar-refractivity contribution in [3.05, 3.63) is 66.0 Å². The zero-order chi connectivity index (χ0) is 16.9. The Kier molecular flexibility index (Phi) is 4.61. The predicted octanol–water partition coefficient (Wildman–Crippen LogP) is 4.59. The average Bonchev–Trinajstić information content (AvgIpc) is 2.60. The molecule has 0 atom stereocenters. The minimum absolute atomic E-state index is 0.725. The van der Waals surface area contributed by atoms with Gasteiger partial charge in [-0.2, -0.15) is 0 Å². The molecule has 0 radical (unpaired) electrons. The highest BCUT2D eigenvalue weighted by Gasteiger charge is 2.04. The van der Waals surface area contributed by atoms with Gasteiger partial charge in [-0.15, -0.1) is 0 Å². The van der Waals surface area contributed by atoms with Crippen LogP contribution in [0.2, 0.25) is 0 Å². The maximum atomic E-state index is 5.16. The van der Waals surface area contributed by atoms with E-state index in [9.17, 15) is 0 Å². The van der Waals surface area contributed by atoms with E-state index in [2.05, 4.69) is 40.5 Å². The van der Waals surface area contributed by atoms with E-state index in [1.807, 2.05) is 42.5 Å². The van der Waals surface area contributed by atoms with Crippen molar-refractivity contribution in [3.63, 3.8) is 0 Å². The van der Waals surface area contributed by atoms with Gasteiger partial charge in [0.25, 0.3) is 0 Å². The number of nitrogens with zero attached hydrogens (tertiary/aromatic N) is 2. The summed E-state index contributed by atoms with van der Waals surface area (Å²) in [7, 11) is 1.65. The summed E-state index contributed by atoms with van der Waals surface area (Å²) < 4.78 is 5.16. The second-order valence-corrected chi connectivity index (χ2v) is 5.51. The fourth-order valence-corrected chi connectivity index (χ4v) is 2.34. The number of hydrogen-bond acceptors (Lipinski definition) is 5. The Morgan fingerprint density at radius 3 is 2.29 bits per heavy atom. The lowest BCUT2D eigenvalue weighted by molar-refractivity contribution is 0.415. The van der Waals surface area contributed by atoms with E-state index >= 15 is 0 Å². The van der Waals surface area contributed by atoms with Crippen molar-refractivity contribution in [2.45, 2.75) is 13.8 Å². The van der Waals surface area contributed by atoms with E-state index in [0.29, 0.717) is 0 Å². The third-order valence-corrected chi connectivity index (χ3v) is 3.90. The Morgan fingerprint density at radius 2 is 1.58 bits per heavy atom. The monoisotopic (exact) mass is 320 g/mol. The molecule has 5 heteroatoms. The number of aryl methyl sites for hydroxylation is 1. The highest BCUT2D eigenvalue weighted by Crippen LogP contribution is 2.24. The summed E-state index contributed by atoms with van der Waals surface area (Å²) in [5, 5.41) is 6.61. The van der Waals surface area contributed by atoms with Crippen LogP contribution in [0.4, 0.5) is 23.0 Å². The molecule has 24 heavy (non-hydrogen) atoms. The van der Waals surface area contributed by atoms with Gasteiger partial charge in [0, 0.05) is 17.4 Å². The fraction of sp³-hybridized carbons (Fsp3) is 0.158. The number of ether oxygens (including phenoxy) is 1. The first-order chi connectivity index (χ1) is 11.7. The number of benzene rings is 2. The maximum absolute atomic E-state index is 5.16. The predicted molar refractivity (Wildman–Crippen MR) is 97.5 cm³/mol. The van der Waals surface area contributed by atoms with Crippen LogP contribution < -0.4 is 15.4 Å². The Bertz CT molecular complexity index is 831. The molecule has 0 fully saturated rings. The maximum Gasteiger partial charge on any atom is 0.135 e. The molecule has 0 aliphatic carbocycles. The van der Waals surface area contributed by atoms with Gasteiger partial charge < -0.3 is 15.4 Å². The van der Waals surface area contributed by atoms with E-state index in [4.69, 9.17) is 4.74 Å². The molecule has 0 spiro atoms. The van der Waals surface area contributed by atoms with Crippen molar-refractivity contribution in [1.82, 2.24) is 9.97 Å². The van der Waals surface area contributed by atoms with E-state index in [-0.39, 0.29) is 0 Å².